The van der Waals surface area contributed by atoms with E-state index in [1.807, 2.05) is 30.3 Å². The van der Waals surface area contributed by atoms with Gasteiger partial charge in [-0.05, 0) is 11.6 Å². The second kappa shape index (κ2) is 7.58. The van der Waals surface area contributed by atoms with Crippen molar-refractivity contribution in [2.45, 2.75) is 25.4 Å². The number of nitrogens with one attached hydrogen (secondary N) is 1. The predicted octanol–water partition coefficient (Wildman–Crippen LogP) is 0.978. The molecule has 0 radical (unpaired) electrons. The third-order valence-corrected chi connectivity index (χ3v) is 3.75. The van der Waals surface area contributed by atoms with Crippen LogP contribution in [-0.4, -0.2) is 48.4 Å². The molecule has 0 spiro atoms. The molecule has 1 heterocycles. The van der Waals surface area contributed by atoms with Crippen molar-refractivity contribution in [1.82, 2.24) is 10.2 Å². The largest absolute Gasteiger partial charge is 0.467 e. The topological polar surface area (TPSA) is 75.7 Å². The van der Waals surface area contributed by atoms with E-state index in [9.17, 15) is 14.4 Å². The first kappa shape index (κ1) is 16.7. The number of hydrogen-bond donors (Lipinski definition) is 1. The normalized spacial score (nSPS) is 20.5. The van der Waals surface area contributed by atoms with E-state index in [0.29, 0.717) is 13.0 Å². The highest BCUT2D eigenvalue weighted by Gasteiger charge is 2.39. The Balaban J connectivity index is 1.95. The maximum absolute atomic E-state index is 12.0. The van der Waals surface area contributed by atoms with Gasteiger partial charge in [-0.25, -0.2) is 4.79 Å². The van der Waals surface area contributed by atoms with Gasteiger partial charge in [-0.1, -0.05) is 30.3 Å². The van der Waals surface area contributed by atoms with Gasteiger partial charge in [0.15, 0.2) is 0 Å². The fourth-order valence-electron chi connectivity index (χ4n) is 2.63. The highest BCUT2D eigenvalue weighted by molar-refractivity contribution is 5.92. The van der Waals surface area contributed by atoms with E-state index >= 15 is 0 Å². The molecule has 1 aromatic carbocycles. The Hall–Kier alpha value is -2.63. The van der Waals surface area contributed by atoms with Gasteiger partial charge in [0, 0.05) is 32.0 Å². The number of carbonyl (C=O) groups excluding carboxylic acids is 3. The summed E-state index contributed by atoms with van der Waals surface area (Å²) < 4.78 is 4.71. The van der Waals surface area contributed by atoms with Crippen LogP contribution in [-0.2, 0) is 19.1 Å². The zero-order valence-corrected chi connectivity index (χ0v) is 13.2. The van der Waals surface area contributed by atoms with Crippen LogP contribution in [0.15, 0.2) is 36.4 Å². The van der Waals surface area contributed by atoms with Gasteiger partial charge in [-0.3, -0.25) is 9.59 Å². The standard InChI is InChI=1S/C17H20N2O4/c1-12(20)19-11-14(10-15(19)17(22)23-2)18-16(21)9-8-13-6-4-3-5-7-13/h3-9,14-15H,10-11H2,1-2H3,(H,18,21)/b9-8+/t14-,15-/m0/s1. The van der Waals surface area contributed by atoms with Crippen molar-refractivity contribution in [2.24, 2.45) is 0 Å². The molecule has 0 saturated carbocycles. The van der Waals surface area contributed by atoms with Crippen LogP contribution in [0.4, 0.5) is 0 Å². The van der Waals surface area contributed by atoms with Gasteiger partial charge in [0.05, 0.1) is 7.11 Å². The lowest BCUT2D eigenvalue weighted by atomic mass is 10.1. The number of ether oxygens (including phenoxy) is 1. The third-order valence-electron chi connectivity index (χ3n) is 3.75. The molecule has 0 unspecified atom stereocenters. The molecule has 1 fully saturated rings. The number of methoxy groups -OCH3 is 1. The quantitative estimate of drug-likeness (QED) is 0.663. The van der Waals surface area contributed by atoms with Crippen molar-refractivity contribution in [1.29, 1.82) is 0 Å². The maximum atomic E-state index is 12.0. The van der Waals surface area contributed by atoms with E-state index < -0.39 is 12.0 Å². The van der Waals surface area contributed by atoms with Gasteiger partial charge in [0.2, 0.25) is 11.8 Å². The molecule has 1 aromatic rings. The van der Waals surface area contributed by atoms with Crippen LogP contribution in [0.25, 0.3) is 6.08 Å². The van der Waals surface area contributed by atoms with Crippen LogP contribution in [0.5, 0.6) is 0 Å². The van der Waals surface area contributed by atoms with Crippen LogP contribution in [0.1, 0.15) is 18.9 Å². The Morgan fingerprint density at radius 1 is 1.26 bits per heavy atom. The molecular formula is C17H20N2O4. The summed E-state index contributed by atoms with van der Waals surface area (Å²) in [5, 5.41) is 2.82. The summed E-state index contributed by atoms with van der Waals surface area (Å²) >= 11 is 0. The van der Waals surface area contributed by atoms with E-state index in [-0.39, 0.29) is 17.9 Å². The molecule has 6 nitrogen and oxygen atoms in total. The summed E-state index contributed by atoms with van der Waals surface area (Å²) in [6.07, 6.45) is 3.51. The van der Waals surface area contributed by atoms with E-state index in [4.69, 9.17) is 4.74 Å². The van der Waals surface area contributed by atoms with Crippen LogP contribution in [0.3, 0.4) is 0 Å². The van der Waals surface area contributed by atoms with Crippen molar-refractivity contribution in [2.75, 3.05) is 13.7 Å². The molecule has 0 aromatic heterocycles. The third kappa shape index (κ3) is 4.42. The van der Waals surface area contributed by atoms with Crippen molar-refractivity contribution in [3.63, 3.8) is 0 Å². The van der Waals surface area contributed by atoms with Gasteiger partial charge in [-0.2, -0.15) is 0 Å². The minimum atomic E-state index is -0.638. The second-order valence-corrected chi connectivity index (χ2v) is 5.40. The lowest BCUT2D eigenvalue weighted by Crippen LogP contribution is -2.40. The van der Waals surface area contributed by atoms with Crippen LogP contribution in [0, 0.1) is 0 Å². The Morgan fingerprint density at radius 3 is 2.57 bits per heavy atom. The van der Waals surface area contributed by atoms with Crippen molar-refractivity contribution in [3.8, 4) is 0 Å². The fourth-order valence-corrected chi connectivity index (χ4v) is 2.63. The Labute approximate surface area is 135 Å². The second-order valence-electron chi connectivity index (χ2n) is 5.40. The first-order chi connectivity index (χ1) is 11.0. The van der Waals surface area contributed by atoms with Gasteiger partial charge in [0.1, 0.15) is 6.04 Å². The van der Waals surface area contributed by atoms with Crippen molar-refractivity contribution < 1.29 is 19.1 Å². The van der Waals surface area contributed by atoms with Gasteiger partial charge < -0.3 is 15.0 Å². The average molecular weight is 316 g/mol. The number of benzene rings is 1. The number of likely N-dealkylation sites (tertiary alicyclic amines) is 1. The van der Waals surface area contributed by atoms with Gasteiger partial charge >= 0.3 is 5.97 Å². The van der Waals surface area contributed by atoms with E-state index in [0.717, 1.165) is 5.56 Å². The molecule has 2 atom stereocenters. The molecule has 23 heavy (non-hydrogen) atoms. The van der Waals surface area contributed by atoms with Crippen LogP contribution in [0.2, 0.25) is 0 Å². The Bertz CT molecular complexity index is 612. The van der Waals surface area contributed by atoms with Gasteiger partial charge in [0.25, 0.3) is 0 Å². The van der Waals surface area contributed by atoms with E-state index in [2.05, 4.69) is 5.32 Å². The number of hydrogen-bond acceptors (Lipinski definition) is 4. The molecule has 1 aliphatic heterocycles. The summed E-state index contributed by atoms with van der Waals surface area (Å²) in [6.45, 7) is 1.70. The maximum Gasteiger partial charge on any atom is 0.328 e. The monoisotopic (exact) mass is 316 g/mol. The number of nitrogens with zero attached hydrogens (tertiary/aromatic N) is 1. The first-order valence-electron chi connectivity index (χ1n) is 7.40. The molecular weight excluding hydrogens is 296 g/mol. The zero-order valence-electron chi connectivity index (χ0n) is 13.2. The van der Waals surface area contributed by atoms with E-state index in [1.54, 1.807) is 6.08 Å². The van der Waals surface area contributed by atoms with Crippen LogP contribution >= 0.6 is 0 Å². The Kier molecular flexibility index (Phi) is 5.51. The lowest BCUT2D eigenvalue weighted by molar-refractivity contribution is -0.150. The molecule has 1 saturated heterocycles. The molecule has 2 amide bonds. The number of carbonyl (C=O) groups is 3. The highest BCUT2D eigenvalue weighted by atomic mass is 16.5. The minimum Gasteiger partial charge on any atom is -0.467 e. The summed E-state index contributed by atoms with van der Waals surface area (Å²) in [5.41, 5.74) is 0.923. The van der Waals surface area contributed by atoms with Gasteiger partial charge in [-0.15, -0.1) is 0 Å². The molecule has 2 rings (SSSR count). The molecule has 122 valence electrons. The van der Waals surface area contributed by atoms with E-state index in [1.165, 1.54) is 25.0 Å². The van der Waals surface area contributed by atoms with Crippen LogP contribution < -0.4 is 5.32 Å². The number of esters is 1. The fraction of sp³-hybridized carbons (Fsp3) is 0.353. The molecule has 1 aliphatic rings. The van der Waals surface area contributed by atoms with Crippen molar-refractivity contribution >= 4 is 23.9 Å². The summed E-state index contributed by atoms with van der Waals surface area (Å²) in [6, 6.07) is 8.56. The number of rotatable bonds is 4. The molecule has 0 bridgehead atoms. The lowest BCUT2D eigenvalue weighted by Gasteiger charge is -2.20. The zero-order chi connectivity index (χ0) is 16.8. The SMILES string of the molecule is COC(=O)[C@@H]1C[C@H](NC(=O)/C=C/c2ccccc2)CN1C(C)=O. The minimum absolute atomic E-state index is 0.211. The smallest absolute Gasteiger partial charge is 0.328 e. The predicted molar refractivity (Wildman–Crippen MR) is 85.2 cm³/mol. The average Bonchev–Trinajstić information content (AvgIpc) is 2.97. The molecule has 1 N–H and O–H groups in total. The van der Waals surface area contributed by atoms with Crippen molar-refractivity contribution in [3.05, 3.63) is 42.0 Å². The first-order valence-corrected chi connectivity index (χ1v) is 7.40. The number of amides is 2. The summed E-state index contributed by atoms with van der Waals surface area (Å²) in [4.78, 5) is 36.7. The summed E-state index contributed by atoms with van der Waals surface area (Å²) in [5.74, 6) is -0.929. The molecule has 0 aliphatic carbocycles. The summed E-state index contributed by atoms with van der Waals surface area (Å²) in [7, 11) is 1.29. The molecule has 6 heteroatoms. The Morgan fingerprint density at radius 2 is 1.96 bits per heavy atom. The highest BCUT2D eigenvalue weighted by Crippen LogP contribution is 2.19.